The molecule has 5 amide bonds. The second-order valence-corrected chi connectivity index (χ2v) is 20.0. The number of benzene rings is 1. The van der Waals surface area contributed by atoms with Crippen LogP contribution in [0.15, 0.2) is 73.2 Å². The molecule has 1 unspecified atom stereocenters. The summed E-state index contributed by atoms with van der Waals surface area (Å²) >= 11 is 0. The van der Waals surface area contributed by atoms with Crippen molar-refractivity contribution in [3.8, 4) is 11.1 Å². The van der Waals surface area contributed by atoms with E-state index in [9.17, 15) is 29.1 Å². The van der Waals surface area contributed by atoms with Gasteiger partial charge < -0.3 is 24.8 Å². The Morgan fingerprint density at radius 3 is 2.40 bits per heavy atom. The number of hydrogen-bond acceptors (Lipinski definition) is 13. The zero-order chi connectivity index (χ0) is 47.0. The number of hydrogen-bond donors (Lipinski definition) is 3. The molecule has 5 aliphatic heterocycles. The molecule has 0 saturated carbocycles. The number of anilines is 5. The molecule has 17 heteroatoms. The summed E-state index contributed by atoms with van der Waals surface area (Å²) in [4.78, 5) is 88.7. The molecule has 6 aliphatic rings. The van der Waals surface area contributed by atoms with E-state index in [1.165, 1.54) is 11.3 Å². The molecule has 0 spiro atoms. The van der Waals surface area contributed by atoms with Crippen molar-refractivity contribution in [3.63, 3.8) is 0 Å². The number of pyridine rings is 3. The van der Waals surface area contributed by atoms with Crippen molar-refractivity contribution in [2.45, 2.75) is 78.1 Å². The van der Waals surface area contributed by atoms with Crippen LogP contribution in [0.25, 0.3) is 11.1 Å². The van der Waals surface area contributed by atoms with E-state index < -0.39 is 29.7 Å². The minimum atomic E-state index is -0.982. The van der Waals surface area contributed by atoms with Crippen molar-refractivity contribution in [2.24, 2.45) is 11.3 Å². The fraction of sp³-hybridized carbons (Fsp3) is 0.412. The van der Waals surface area contributed by atoms with Crippen LogP contribution in [0.3, 0.4) is 0 Å². The van der Waals surface area contributed by atoms with Gasteiger partial charge in [0.15, 0.2) is 0 Å². The molecular weight excluding hydrogens is 863 g/mol. The number of imide groups is 2. The van der Waals surface area contributed by atoms with Crippen LogP contribution in [-0.4, -0.2) is 122 Å². The largest absolute Gasteiger partial charge is 0.392 e. The molecule has 68 heavy (non-hydrogen) atoms. The average Bonchev–Trinajstić information content (AvgIpc) is 4.07. The molecule has 3 N–H and O–H groups in total. The topological polar surface area (TPSA) is 189 Å². The molecule has 1 aliphatic carbocycles. The second kappa shape index (κ2) is 17.0. The maximum Gasteiger partial charge on any atom is 0.276 e. The van der Waals surface area contributed by atoms with Gasteiger partial charge in [0.25, 0.3) is 17.7 Å². The van der Waals surface area contributed by atoms with E-state index in [1.54, 1.807) is 29.4 Å². The highest BCUT2D eigenvalue weighted by Gasteiger charge is 2.45. The Hall–Kier alpha value is -6.98. The first kappa shape index (κ1) is 43.6. The van der Waals surface area contributed by atoms with Gasteiger partial charge in [0.1, 0.15) is 29.2 Å². The predicted molar refractivity (Wildman–Crippen MR) is 255 cm³/mol. The average molecular weight is 918 g/mol. The molecule has 0 radical (unpaired) electrons. The molecular formula is C51H55N11O6. The van der Waals surface area contributed by atoms with E-state index in [1.807, 2.05) is 36.5 Å². The summed E-state index contributed by atoms with van der Waals surface area (Å²) in [7, 11) is 0. The van der Waals surface area contributed by atoms with Gasteiger partial charge in [-0.15, -0.1) is 0 Å². The van der Waals surface area contributed by atoms with Crippen molar-refractivity contribution in [1.29, 1.82) is 0 Å². The lowest BCUT2D eigenvalue weighted by molar-refractivity contribution is -0.136. The van der Waals surface area contributed by atoms with E-state index in [-0.39, 0.29) is 36.8 Å². The van der Waals surface area contributed by atoms with Gasteiger partial charge in [-0.2, -0.15) is 0 Å². The van der Waals surface area contributed by atoms with E-state index in [0.717, 1.165) is 85.9 Å². The number of aliphatic hydroxyl groups is 1. The number of carbonyl (C=O) groups is 5. The van der Waals surface area contributed by atoms with Crippen molar-refractivity contribution in [1.82, 2.24) is 34.6 Å². The van der Waals surface area contributed by atoms with Crippen LogP contribution >= 0.6 is 0 Å². The Labute approximate surface area is 394 Å². The summed E-state index contributed by atoms with van der Waals surface area (Å²) in [6.07, 6.45) is 8.46. The van der Waals surface area contributed by atoms with Gasteiger partial charge in [-0.05, 0) is 115 Å². The zero-order valence-corrected chi connectivity index (χ0v) is 38.6. The fourth-order valence-corrected chi connectivity index (χ4v) is 11.5. The number of aliphatic hydroxyl groups excluding tert-OH is 1. The molecule has 1 aromatic carbocycles. The summed E-state index contributed by atoms with van der Waals surface area (Å²) in [5.74, 6) is 0.0773. The summed E-state index contributed by atoms with van der Waals surface area (Å²) in [6, 6.07) is 16.4. The SMILES string of the molecule is C[C@H]1CN(C[C@H]2CCN(c3ccc4c(c3)C(=O)N(C3CCC(=O)NC3=O)C4=O)C2)CCN1c1ccc(Nc2cc(-c3ccnc(N4CCn5c(cc6c5CC(C)(C)C6)C4=O)c3CO)ccn2)nc1. The molecule has 9 heterocycles. The number of nitrogens with one attached hydrogen (secondary N) is 2. The molecule has 17 nitrogen and oxygen atoms in total. The third-order valence-corrected chi connectivity index (χ3v) is 14.8. The zero-order valence-electron chi connectivity index (χ0n) is 38.6. The Morgan fingerprint density at radius 2 is 1.60 bits per heavy atom. The Balaban J connectivity index is 0.694. The third-order valence-electron chi connectivity index (χ3n) is 14.8. The number of piperazine rings is 1. The normalized spacial score (nSPS) is 22.5. The minimum absolute atomic E-state index is 0.0862. The molecule has 3 fully saturated rings. The van der Waals surface area contributed by atoms with Crippen molar-refractivity contribution >= 4 is 58.4 Å². The maximum atomic E-state index is 13.9. The Kier molecular flexibility index (Phi) is 10.9. The van der Waals surface area contributed by atoms with Crippen molar-refractivity contribution in [3.05, 3.63) is 107 Å². The Bertz CT molecular complexity index is 2900. The van der Waals surface area contributed by atoms with Crippen molar-refractivity contribution < 1.29 is 29.1 Å². The predicted octanol–water partition coefficient (Wildman–Crippen LogP) is 4.80. The van der Waals surface area contributed by atoms with Gasteiger partial charge in [0.05, 0.1) is 29.6 Å². The van der Waals surface area contributed by atoms with E-state index in [2.05, 4.69) is 72.8 Å². The summed E-state index contributed by atoms with van der Waals surface area (Å²) in [5, 5.41) is 16.3. The van der Waals surface area contributed by atoms with Crippen LogP contribution in [0.1, 0.15) is 88.1 Å². The highest BCUT2D eigenvalue weighted by atomic mass is 16.3. The summed E-state index contributed by atoms with van der Waals surface area (Å²) < 4.78 is 2.18. The maximum absolute atomic E-state index is 13.9. The smallest absolute Gasteiger partial charge is 0.276 e. The number of aromatic nitrogens is 4. The van der Waals surface area contributed by atoms with Crippen molar-refractivity contribution in [2.75, 3.05) is 65.8 Å². The quantitative estimate of drug-likeness (QED) is 0.162. The van der Waals surface area contributed by atoms with Gasteiger partial charge in [-0.25, -0.2) is 15.0 Å². The molecule has 350 valence electrons. The van der Waals surface area contributed by atoms with Gasteiger partial charge in [-0.3, -0.25) is 44.0 Å². The highest BCUT2D eigenvalue weighted by molar-refractivity contribution is 6.23. The summed E-state index contributed by atoms with van der Waals surface area (Å²) in [5.41, 5.74) is 8.13. The van der Waals surface area contributed by atoms with Gasteiger partial charge in [-0.1, -0.05) is 13.8 Å². The minimum Gasteiger partial charge on any atom is -0.392 e. The molecule has 3 atom stereocenters. The molecule has 4 aromatic heterocycles. The van der Waals surface area contributed by atoms with Gasteiger partial charge in [0, 0.05) is 94.2 Å². The first-order chi connectivity index (χ1) is 32.8. The molecule has 0 bridgehead atoms. The lowest BCUT2D eigenvalue weighted by atomic mass is 9.90. The number of rotatable bonds is 10. The number of fused-ring (bicyclic) bond motifs is 4. The first-order valence-electron chi connectivity index (χ1n) is 23.7. The fourth-order valence-electron chi connectivity index (χ4n) is 11.5. The van der Waals surface area contributed by atoms with Crippen LogP contribution in [0.4, 0.5) is 28.8 Å². The van der Waals surface area contributed by atoms with Crippen LogP contribution in [0.2, 0.25) is 0 Å². The van der Waals surface area contributed by atoms with E-state index in [0.29, 0.717) is 58.8 Å². The van der Waals surface area contributed by atoms with Crippen LogP contribution in [0.5, 0.6) is 0 Å². The lowest BCUT2D eigenvalue weighted by Gasteiger charge is -2.42. The first-order valence-corrected chi connectivity index (χ1v) is 23.7. The molecule has 3 saturated heterocycles. The Morgan fingerprint density at radius 1 is 0.779 bits per heavy atom. The van der Waals surface area contributed by atoms with Crippen LogP contribution in [0, 0.1) is 11.3 Å². The number of piperidine rings is 1. The van der Waals surface area contributed by atoms with E-state index in [4.69, 9.17) is 4.98 Å². The van der Waals surface area contributed by atoms with Crippen LogP contribution < -0.4 is 25.3 Å². The monoisotopic (exact) mass is 917 g/mol. The van der Waals surface area contributed by atoms with Gasteiger partial charge in [0.2, 0.25) is 11.8 Å². The molecule has 5 aromatic rings. The number of nitrogens with zero attached hydrogens (tertiary/aromatic N) is 9. The summed E-state index contributed by atoms with van der Waals surface area (Å²) in [6.45, 7) is 13.0. The highest BCUT2D eigenvalue weighted by Crippen LogP contribution is 2.41. The third kappa shape index (κ3) is 7.76. The molecule has 11 rings (SSSR count). The lowest BCUT2D eigenvalue weighted by Crippen LogP contribution is -2.54. The standard InChI is InChI=1S/C51H55N11O6/c1-30-26-57(27-31-12-15-58(28-31)34-4-6-37-38(22-34)49(67)62(48(37)66)40-7-9-45(64)56-47(40)65)16-17-59(30)35-5-8-43(54-25-35)55-44-21-32(10-13-52-44)36-11-14-53-46(39(36)29-63)61-19-18-60-41(50(61)68)20-33-23-51(2,3)24-42(33)60/h4-6,8,10-11,13-14,20-22,25,30-31,40,63H,7,9,12,15-19,23-24,26-29H2,1-3H3,(H,52,54,55)(H,56,64,65)/t30-,31+,40?/m0/s1. The van der Waals surface area contributed by atoms with E-state index >= 15 is 0 Å². The second-order valence-electron chi connectivity index (χ2n) is 20.0. The number of amides is 5. The van der Waals surface area contributed by atoms with Crippen LogP contribution in [-0.2, 0) is 35.6 Å². The number of carbonyl (C=O) groups excluding carboxylic acids is 5. The van der Waals surface area contributed by atoms with Gasteiger partial charge >= 0.3 is 0 Å².